The minimum Gasteiger partial charge on any atom is -0.331 e. The van der Waals surface area contributed by atoms with Gasteiger partial charge in [-0.15, -0.1) is 0 Å². The molecular weight excluding hydrogens is 180 g/mol. The van der Waals surface area contributed by atoms with Gasteiger partial charge in [0.2, 0.25) is 11.8 Å². The molecule has 1 fully saturated rings. The number of hydrogen-bond donors (Lipinski definition) is 0. The van der Waals surface area contributed by atoms with Crippen LogP contribution in [0.4, 0.5) is 0 Å². The van der Waals surface area contributed by atoms with E-state index < -0.39 is 0 Å². The van der Waals surface area contributed by atoms with E-state index in [9.17, 15) is 9.59 Å². The summed E-state index contributed by atoms with van der Waals surface area (Å²) in [5.74, 6) is -0.00665. The zero-order valence-corrected chi connectivity index (χ0v) is 9.25. The SMILES string of the molecule is C[N+](C)(C)CCCN1C(=O)CCC1=O. The van der Waals surface area contributed by atoms with Crippen LogP contribution >= 0.6 is 0 Å². The van der Waals surface area contributed by atoms with Crippen LogP contribution in [0.25, 0.3) is 0 Å². The van der Waals surface area contributed by atoms with Gasteiger partial charge in [-0.25, -0.2) is 0 Å². The van der Waals surface area contributed by atoms with Gasteiger partial charge < -0.3 is 4.48 Å². The number of imide groups is 1. The minimum absolute atomic E-state index is 0.00332. The lowest BCUT2D eigenvalue weighted by atomic mass is 10.3. The molecule has 0 aromatic heterocycles. The quantitative estimate of drug-likeness (QED) is 0.480. The monoisotopic (exact) mass is 199 g/mol. The molecule has 14 heavy (non-hydrogen) atoms. The minimum atomic E-state index is -0.00332. The van der Waals surface area contributed by atoms with Crippen LogP contribution in [0.5, 0.6) is 0 Å². The van der Waals surface area contributed by atoms with E-state index in [-0.39, 0.29) is 11.8 Å². The molecule has 4 nitrogen and oxygen atoms in total. The highest BCUT2D eigenvalue weighted by Gasteiger charge is 2.28. The van der Waals surface area contributed by atoms with Gasteiger partial charge in [-0.3, -0.25) is 14.5 Å². The van der Waals surface area contributed by atoms with Crippen molar-refractivity contribution in [1.82, 2.24) is 4.90 Å². The smallest absolute Gasteiger partial charge is 0.229 e. The molecule has 0 N–H and O–H groups in total. The second kappa shape index (κ2) is 4.09. The molecule has 0 aliphatic carbocycles. The molecule has 4 heteroatoms. The molecule has 0 aromatic rings. The first-order valence-electron chi connectivity index (χ1n) is 5.04. The molecule has 0 aromatic carbocycles. The molecule has 0 saturated carbocycles. The van der Waals surface area contributed by atoms with Crippen molar-refractivity contribution < 1.29 is 14.1 Å². The van der Waals surface area contributed by atoms with Gasteiger partial charge in [0, 0.05) is 25.8 Å². The third kappa shape index (κ3) is 3.10. The highest BCUT2D eigenvalue weighted by atomic mass is 16.2. The van der Waals surface area contributed by atoms with Crippen molar-refractivity contribution in [2.75, 3.05) is 34.2 Å². The third-order valence-corrected chi connectivity index (χ3v) is 2.37. The van der Waals surface area contributed by atoms with Gasteiger partial charge >= 0.3 is 0 Å². The predicted molar refractivity (Wildman–Crippen MR) is 53.5 cm³/mol. The number of nitrogens with zero attached hydrogens (tertiary/aromatic N) is 2. The van der Waals surface area contributed by atoms with Crippen molar-refractivity contribution in [1.29, 1.82) is 0 Å². The molecule has 80 valence electrons. The van der Waals surface area contributed by atoms with Crippen molar-refractivity contribution in [3.63, 3.8) is 0 Å². The van der Waals surface area contributed by atoms with E-state index in [1.165, 1.54) is 4.90 Å². The highest BCUT2D eigenvalue weighted by Crippen LogP contribution is 2.12. The van der Waals surface area contributed by atoms with Gasteiger partial charge in [0.15, 0.2) is 0 Å². The van der Waals surface area contributed by atoms with Crippen molar-refractivity contribution in [3.05, 3.63) is 0 Å². The molecule has 1 rings (SSSR count). The molecule has 0 bridgehead atoms. The van der Waals surface area contributed by atoms with Gasteiger partial charge in [-0.1, -0.05) is 0 Å². The first-order valence-corrected chi connectivity index (χ1v) is 5.04. The standard InChI is InChI=1S/C10H19N2O2/c1-12(2,3)8-4-7-11-9(13)5-6-10(11)14/h4-8H2,1-3H3/q+1. The molecule has 0 spiro atoms. The third-order valence-electron chi connectivity index (χ3n) is 2.37. The van der Waals surface area contributed by atoms with Crippen LogP contribution in [0.1, 0.15) is 19.3 Å². The number of rotatable bonds is 4. The van der Waals surface area contributed by atoms with E-state index >= 15 is 0 Å². The molecule has 1 aliphatic heterocycles. The molecular formula is C10H19N2O2+. The molecule has 1 saturated heterocycles. The van der Waals surface area contributed by atoms with Gasteiger partial charge in [-0.2, -0.15) is 0 Å². The van der Waals surface area contributed by atoms with Gasteiger partial charge in [-0.05, 0) is 0 Å². The summed E-state index contributed by atoms with van der Waals surface area (Å²) in [4.78, 5) is 23.9. The van der Waals surface area contributed by atoms with Crippen molar-refractivity contribution in [2.24, 2.45) is 0 Å². The van der Waals surface area contributed by atoms with Crippen LogP contribution in [0.3, 0.4) is 0 Å². The van der Waals surface area contributed by atoms with Crippen LogP contribution in [-0.2, 0) is 9.59 Å². The maximum atomic E-state index is 11.2. The summed E-state index contributed by atoms with van der Waals surface area (Å²) >= 11 is 0. The Morgan fingerprint density at radius 2 is 1.64 bits per heavy atom. The van der Waals surface area contributed by atoms with Crippen LogP contribution in [0, 0.1) is 0 Å². The van der Waals surface area contributed by atoms with Crippen molar-refractivity contribution >= 4 is 11.8 Å². The maximum Gasteiger partial charge on any atom is 0.229 e. The molecule has 2 amide bonds. The van der Waals surface area contributed by atoms with E-state index in [1.54, 1.807) is 0 Å². The summed E-state index contributed by atoms with van der Waals surface area (Å²) in [6, 6.07) is 0. The summed E-state index contributed by atoms with van der Waals surface area (Å²) < 4.78 is 0.871. The lowest BCUT2D eigenvalue weighted by molar-refractivity contribution is -0.870. The fourth-order valence-corrected chi connectivity index (χ4v) is 1.58. The number of carbonyl (C=O) groups is 2. The van der Waals surface area contributed by atoms with Gasteiger partial charge in [0.1, 0.15) is 0 Å². The largest absolute Gasteiger partial charge is 0.331 e. The maximum absolute atomic E-state index is 11.2. The van der Waals surface area contributed by atoms with E-state index in [2.05, 4.69) is 21.1 Å². The van der Waals surface area contributed by atoms with Crippen molar-refractivity contribution in [3.8, 4) is 0 Å². The molecule has 1 heterocycles. The Labute approximate surface area is 85.1 Å². The van der Waals surface area contributed by atoms with Crippen LogP contribution in [0.2, 0.25) is 0 Å². The van der Waals surface area contributed by atoms with Gasteiger partial charge in [0.05, 0.1) is 27.7 Å². The zero-order valence-electron chi connectivity index (χ0n) is 9.25. The van der Waals surface area contributed by atoms with Crippen LogP contribution in [-0.4, -0.2) is 55.4 Å². The summed E-state index contributed by atoms with van der Waals surface area (Å²) in [5, 5.41) is 0. The van der Waals surface area contributed by atoms with E-state index in [1.807, 2.05) is 0 Å². The topological polar surface area (TPSA) is 37.4 Å². The second-order valence-corrected chi connectivity index (χ2v) is 4.81. The van der Waals surface area contributed by atoms with Crippen molar-refractivity contribution in [2.45, 2.75) is 19.3 Å². The number of quaternary nitrogens is 1. The summed E-state index contributed by atoms with van der Waals surface area (Å²) in [6.45, 7) is 1.57. The Morgan fingerprint density at radius 1 is 1.14 bits per heavy atom. The van der Waals surface area contributed by atoms with Gasteiger partial charge in [0.25, 0.3) is 0 Å². The number of likely N-dealkylation sites (tertiary alicyclic amines) is 1. The molecule has 0 atom stereocenters. The Bertz CT molecular complexity index is 227. The fraction of sp³-hybridized carbons (Fsp3) is 0.800. The molecule has 0 unspecified atom stereocenters. The Balaban J connectivity index is 2.31. The number of amides is 2. The Morgan fingerprint density at radius 3 is 2.07 bits per heavy atom. The first kappa shape index (κ1) is 11.2. The van der Waals surface area contributed by atoms with E-state index in [4.69, 9.17) is 0 Å². The molecule has 0 radical (unpaired) electrons. The summed E-state index contributed by atoms with van der Waals surface area (Å²) in [6.07, 6.45) is 1.70. The van der Waals surface area contributed by atoms with Crippen LogP contribution in [0.15, 0.2) is 0 Å². The highest BCUT2D eigenvalue weighted by molar-refractivity contribution is 6.01. The lowest BCUT2D eigenvalue weighted by Crippen LogP contribution is -2.38. The first-order chi connectivity index (χ1) is 6.40. The normalized spacial score (nSPS) is 18.1. The Kier molecular flexibility index (Phi) is 3.26. The fourth-order valence-electron chi connectivity index (χ4n) is 1.58. The van der Waals surface area contributed by atoms with Crippen LogP contribution < -0.4 is 0 Å². The average Bonchev–Trinajstić information content (AvgIpc) is 2.33. The second-order valence-electron chi connectivity index (χ2n) is 4.81. The molecule has 1 aliphatic rings. The zero-order chi connectivity index (χ0) is 10.8. The average molecular weight is 199 g/mol. The lowest BCUT2D eigenvalue weighted by Gasteiger charge is -2.24. The van der Waals surface area contributed by atoms with E-state index in [0.717, 1.165) is 17.4 Å². The summed E-state index contributed by atoms with van der Waals surface area (Å²) in [7, 11) is 6.31. The number of hydrogen-bond acceptors (Lipinski definition) is 2. The summed E-state index contributed by atoms with van der Waals surface area (Å²) in [5.41, 5.74) is 0. The Hall–Kier alpha value is -0.900. The predicted octanol–water partition coefficient (Wildman–Crippen LogP) is 0.232. The number of carbonyl (C=O) groups excluding carboxylic acids is 2. The van der Waals surface area contributed by atoms with E-state index in [0.29, 0.717) is 19.4 Å².